The fourth-order valence-electron chi connectivity index (χ4n) is 1.57. The maximum absolute atomic E-state index is 5.35. The molecule has 0 saturated carbocycles. The third-order valence-corrected chi connectivity index (χ3v) is 2.73. The summed E-state index contributed by atoms with van der Waals surface area (Å²) in [5, 5.41) is 3.41. The summed E-state index contributed by atoms with van der Waals surface area (Å²) in [5.74, 6) is 0. The van der Waals surface area contributed by atoms with E-state index in [4.69, 9.17) is 4.74 Å². The molecule has 0 aliphatic heterocycles. The number of hydrogen-bond donors (Lipinski definition) is 1. The Bertz CT molecular complexity index is 305. The number of ether oxygens (including phenoxy) is 1. The normalized spacial score (nSPS) is 12.0. The molecule has 0 radical (unpaired) electrons. The molecule has 0 bridgehead atoms. The van der Waals surface area contributed by atoms with Crippen molar-refractivity contribution in [2.75, 3.05) is 13.7 Å². The van der Waals surface area contributed by atoms with Gasteiger partial charge in [0.25, 0.3) is 0 Å². The summed E-state index contributed by atoms with van der Waals surface area (Å²) in [5.41, 5.74) is 1.24. The average Bonchev–Trinajstić information content (AvgIpc) is 2.66. The monoisotopic (exact) mass is 224 g/mol. The predicted molar refractivity (Wildman–Crippen MR) is 67.5 cm³/mol. The van der Waals surface area contributed by atoms with E-state index in [1.165, 1.54) is 12.0 Å². The molecule has 0 aliphatic rings. The molecule has 16 heavy (non-hydrogen) atoms. The van der Waals surface area contributed by atoms with Crippen LogP contribution in [0, 0.1) is 0 Å². The Kier molecular flexibility index (Phi) is 5.03. The molecule has 1 N–H and O–H groups in total. The zero-order valence-corrected chi connectivity index (χ0v) is 10.9. The van der Waals surface area contributed by atoms with Crippen molar-refractivity contribution < 1.29 is 4.74 Å². The van der Waals surface area contributed by atoms with Gasteiger partial charge in [0, 0.05) is 39.1 Å². The molecule has 1 heterocycles. The van der Waals surface area contributed by atoms with Crippen LogP contribution in [0.4, 0.5) is 0 Å². The van der Waals surface area contributed by atoms with Crippen molar-refractivity contribution in [1.29, 1.82) is 0 Å². The van der Waals surface area contributed by atoms with E-state index in [0.29, 0.717) is 0 Å². The van der Waals surface area contributed by atoms with Gasteiger partial charge in [0.2, 0.25) is 0 Å². The first-order valence-electron chi connectivity index (χ1n) is 5.98. The van der Waals surface area contributed by atoms with E-state index in [9.17, 15) is 0 Å². The fourth-order valence-corrected chi connectivity index (χ4v) is 1.57. The van der Waals surface area contributed by atoms with Crippen LogP contribution in [0.3, 0.4) is 0 Å². The minimum absolute atomic E-state index is 0.0913. The average molecular weight is 224 g/mol. The number of aryl methyl sites for hydroxylation is 1. The first-order chi connectivity index (χ1) is 7.57. The Morgan fingerprint density at radius 3 is 2.81 bits per heavy atom. The maximum Gasteiger partial charge on any atom is 0.0746 e. The highest BCUT2D eigenvalue weighted by atomic mass is 16.5. The van der Waals surface area contributed by atoms with Crippen LogP contribution in [0.5, 0.6) is 0 Å². The van der Waals surface area contributed by atoms with Gasteiger partial charge in [0.1, 0.15) is 0 Å². The number of nitrogens with one attached hydrogen (secondary N) is 1. The van der Waals surface area contributed by atoms with Gasteiger partial charge in [-0.05, 0) is 31.9 Å². The zero-order chi connectivity index (χ0) is 12.0. The molecule has 92 valence electrons. The third-order valence-electron chi connectivity index (χ3n) is 2.73. The number of rotatable bonds is 7. The van der Waals surface area contributed by atoms with E-state index < -0.39 is 0 Å². The summed E-state index contributed by atoms with van der Waals surface area (Å²) >= 11 is 0. The Morgan fingerprint density at radius 2 is 2.19 bits per heavy atom. The van der Waals surface area contributed by atoms with E-state index in [1.807, 2.05) is 0 Å². The van der Waals surface area contributed by atoms with E-state index in [0.717, 1.165) is 19.6 Å². The standard InChI is InChI=1S/C13H24N2O/c1-5-7-15-8-6-12(10-15)9-14-11-13(2,3)16-4/h6,8,10,14H,5,7,9,11H2,1-4H3. The SMILES string of the molecule is CCCn1ccc(CNCC(C)(C)OC)c1. The first-order valence-corrected chi connectivity index (χ1v) is 5.98. The largest absolute Gasteiger partial charge is 0.377 e. The van der Waals surface area contributed by atoms with Crippen LogP contribution in [-0.2, 0) is 17.8 Å². The lowest BCUT2D eigenvalue weighted by Crippen LogP contribution is -2.36. The minimum Gasteiger partial charge on any atom is -0.377 e. The molecule has 0 fully saturated rings. The molecule has 0 atom stereocenters. The predicted octanol–water partition coefficient (Wildman–Crippen LogP) is 2.41. The Labute approximate surface area is 98.8 Å². The molecule has 0 amide bonds. The van der Waals surface area contributed by atoms with Crippen LogP contribution in [-0.4, -0.2) is 23.8 Å². The summed E-state index contributed by atoms with van der Waals surface area (Å²) in [7, 11) is 1.75. The summed E-state index contributed by atoms with van der Waals surface area (Å²) in [6, 6.07) is 2.17. The lowest BCUT2D eigenvalue weighted by molar-refractivity contribution is 0.0231. The van der Waals surface area contributed by atoms with Crippen molar-refractivity contribution in [1.82, 2.24) is 9.88 Å². The molecule has 0 spiro atoms. The van der Waals surface area contributed by atoms with Crippen molar-refractivity contribution in [2.45, 2.75) is 45.9 Å². The second kappa shape index (κ2) is 6.06. The van der Waals surface area contributed by atoms with Gasteiger partial charge < -0.3 is 14.6 Å². The van der Waals surface area contributed by atoms with Crippen LogP contribution in [0.2, 0.25) is 0 Å². The number of aromatic nitrogens is 1. The smallest absolute Gasteiger partial charge is 0.0746 e. The Balaban J connectivity index is 2.31. The fraction of sp³-hybridized carbons (Fsp3) is 0.692. The van der Waals surface area contributed by atoms with Gasteiger partial charge in [-0.15, -0.1) is 0 Å². The van der Waals surface area contributed by atoms with E-state index >= 15 is 0 Å². The lowest BCUT2D eigenvalue weighted by atomic mass is 10.1. The summed E-state index contributed by atoms with van der Waals surface area (Å²) in [4.78, 5) is 0. The van der Waals surface area contributed by atoms with Gasteiger partial charge in [0.05, 0.1) is 5.60 Å². The van der Waals surface area contributed by atoms with Gasteiger partial charge >= 0.3 is 0 Å². The minimum atomic E-state index is -0.0913. The second-order valence-corrected chi connectivity index (χ2v) is 4.82. The number of nitrogens with zero attached hydrogens (tertiary/aromatic N) is 1. The van der Waals surface area contributed by atoms with Crippen LogP contribution >= 0.6 is 0 Å². The molecule has 0 saturated heterocycles. The molecule has 3 heteroatoms. The molecule has 0 aliphatic carbocycles. The van der Waals surface area contributed by atoms with E-state index in [-0.39, 0.29) is 5.60 Å². The van der Waals surface area contributed by atoms with E-state index in [1.54, 1.807) is 7.11 Å². The maximum atomic E-state index is 5.35. The third kappa shape index (κ3) is 4.37. The molecule has 1 aromatic heterocycles. The lowest BCUT2D eigenvalue weighted by Gasteiger charge is -2.23. The number of methoxy groups -OCH3 is 1. The summed E-state index contributed by atoms with van der Waals surface area (Å²) in [6.07, 6.45) is 5.52. The van der Waals surface area contributed by atoms with Gasteiger partial charge in [0.15, 0.2) is 0 Å². The summed E-state index contributed by atoms with van der Waals surface area (Å²) in [6.45, 7) is 9.24. The molecular formula is C13H24N2O. The highest BCUT2D eigenvalue weighted by Crippen LogP contribution is 2.06. The molecule has 1 rings (SSSR count). The van der Waals surface area contributed by atoms with E-state index in [2.05, 4.69) is 49.1 Å². The van der Waals surface area contributed by atoms with Crippen LogP contribution in [0.15, 0.2) is 18.5 Å². The van der Waals surface area contributed by atoms with Crippen molar-refractivity contribution in [3.05, 3.63) is 24.0 Å². The van der Waals surface area contributed by atoms with Crippen molar-refractivity contribution in [3.63, 3.8) is 0 Å². The van der Waals surface area contributed by atoms with Crippen LogP contribution < -0.4 is 5.32 Å². The molecule has 3 nitrogen and oxygen atoms in total. The van der Waals surface area contributed by atoms with Crippen LogP contribution in [0.1, 0.15) is 32.8 Å². The highest BCUT2D eigenvalue weighted by molar-refractivity contribution is 5.09. The molecule has 1 aromatic rings. The van der Waals surface area contributed by atoms with Gasteiger partial charge in [-0.25, -0.2) is 0 Å². The second-order valence-electron chi connectivity index (χ2n) is 4.82. The number of hydrogen-bond acceptors (Lipinski definition) is 2. The first kappa shape index (κ1) is 13.3. The van der Waals surface area contributed by atoms with Crippen LogP contribution in [0.25, 0.3) is 0 Å². The van der Waals surface area contributed by atoms with Gasteiger partial charge in [-0.3, -0.25) is 0 Å². The Morgan fingerprint density at radius 1 is 1.44 bits per heavy atom. The van der Waals surface area contributed by atoms with Gasteiger partial charge in [-0.2, -0.15) is 0 Å². The summed E-state index contributed by atoms with van der Waals surface area (Å²) < 4.78 is 7.59. The Hall–Kier alpha value is -0.800. The molecular weight excluding hydrogens is 200 g/mol. The zero-order valence-electron chi connectivity index (χ0n) is 10.9. The van der Waals surface area contributed by atoms with Crippen molar-refractivity contribution in [3.8, 4) is 0 Å². The van der Waals surface area contributed by atoms with Crippen molar-refractivity contribution >= 4 is 0 Å². The quantitative estimate of drug-likeness (QED) is 0.770. The molecule has 0 aromatic carbocycles. The highest BCUT2D eigenvalue weighted by Gasteiger charge is 2.14. The van der Waals surface area contributed by atoms with Crippen molar-refractivity contribution in [2.24, 2.45) is 0 Å². The van der Waals surface area contributed by atoms with Gasteiger partial charge in [-0.1, -0.05) is 6.92 Å². The topological polar surface area (TPSA) is 26.2 Å². The molecule has 0 unspecified atom stereocenters.